The van der Waals surface area contributed by atoms with Gasteiger partial charge >= 0.3 is 11.9 Å². The number of hydrogen-bond acceptors (Lipinski definition) is 8. The number of nitriles is 1. The van der Waals surface area contributed by atoms with Gasteiger partial charge in [-0.25, -0.2) is 9.59 Å². The summed E-state index contributed by atoms with van der Waals surface area (Å²) in [6, 6.07) is 11.5. The van der Waals surface area contributed by atoms with Gasteiger partial charge in [0, 0.05) is 0 Å². The summed E-state index contributed by atoms with van der Waals surface area (Å²) >= 11 is 0. The van der Waals surface area contributed by atoms with Gasteiger partial charge in [0.1, 0.15) is 17.7 Å². The molecule has 2 aromatic carbocycles. The zero-order chi connectivity index (χ0) is 26.4. The van der Waals surface area contributed by atoms with Crippen LogP contribution in [0.3, 0.4) is 0 Å². The van der Waals surface area contributed by atoms with Crippen LogP contribution >= 0.6 is 0 Å². The topological polar surface area (TPSA) is 123 Å². The fourth-order valence-electron chi connectivity index (χ4n) is 3.78. The summed E-state index contributed by atoms with van der Waals surface area (Å²) in [5.41, 5.74) is 0.724. The summed E-state index contributed by atoms with van der Waals surface area (Å²) in [5, 5.41) is 9.28. The van der Waals surface area contributed by atoms with Gasteiger partial charge in [0.2, 0.25) is 0 Å². The molecule has 0 N–H and O–H groups in total. The maximum absolute atomic E-state index is 13.3. The van der Waals surface area contributed by atoms with Gasteiger partial charge in [0.15, 0.2) is 11.5 Å². The van der Waals surface area contributed by atoms with E-state index in [0.29, 0.717) is 5.56 Å². The number of nitrogens with zero attached hydrogens (tertiary/aromatic N) is 2. The molecular formula is C27H26N2O7. The zero-order valence-corrected chi connectivity index (χ0v) is 20.4. The Hall–Kier alpha value is -4.45. The molecule has 2 amide bonds. The van der Waals surface area contributed by atoms with E-state index in [0.717, 1.165) is 4.90 Å². The molecule has 9 heteroatoms. The minimum Gasteiger partial charge on any atom is -0.490 e. The summed E-state index contributed by atoms with van der Waals surface area (Å²) in [6.07, 6.45) is 1.34. The molecule has 2 aromatic rings. The molecule has 0 bridgehead atoms. The highest BCUT2D eigenvalue weighted by Gasteiger charge is 2.45. The molecule has 1 aliphatic rings. The quantitative estimate of drug-likeness (QED) is 0.171. The minimum absolute atomic E-state index is 0.0656. The lowest BCUT2D eigenvalue weighted by Gasteiger charge is -2.27. The highest BCUT2D eigenvalue weighted by atomic mass is 16.6. The Balaban J connectivity index is 1.91. The molecule has 36 heavy (non-hydrogen) atoms. The van der Waals surface area contributed by atoms with Crippen molar-refractivity contribution in [1.82, 2.24) is 4.90 Å². The lowest BCUT2D eigenvalue weighted by Crippen LogP contribution is -2.49. The first kappa shape index (κ1) is 26.2. The van der Waals surface area contributed by atoms with E-state index in [1.807, 2.05) is 0 Å². The first-order chi connectivity index (χ1) is 17.2. The van der Waals surface area contributed by atoms with E-state index in [-0.39, 0.29) is 41.4 Å². The van der Waals surface area contributed by atoms with Crippen molar-refractivity contribution in [3.63, 3.8) is 0 Å². The third-order valence-corrected chi connectivity index (χ3v) is 5.38. The van der Waals surface area contributed by atoms with Gasteiger partial charge in [-0.15, -0.1) is 0 Å². The molecule has 1 aliphatic heterocycles. The van der Waals surface area contributed by atoms with E-state index in [2.05, 4.69) is 0 Å². The Labute approximate surface area is 208 Å². The van der Waals surface area contributed by atoms with Crippen molar-refractivity contribution in [2.75, 3.05) is 13.2 Å². The number of benzene rings is 2. The van der Waals surface area contributed by atoms with Gasteiger partial charge < -0.3 is 14.2 Å². The van der Waals surface area contributed by atoms with Crippen LogP contribution in [0.4, 0.5) is 0 Å². The average molecular weight is 491 g/mol. The van der Waals surface area contributed by atoms with Crippen molar-refractivity contribution in [2.24, 2.45) is 5.92 Å². The molecule has 1 atom stereocenters. The Morgan fingerprint density at radius 3 is 2.17 bits per heavy atom. The predicted molar refractivity (Wildman–Crippen MR) is 129 cm³/mol. The molecule has 0 saturated carbocycles. The molecule has 9 nitrogen and oxygen atoms in total. The summed E-state index contributed by atoms with van der Waals surface area (Å²) in [7, 11) is 0. The van der Waals surface area contributed by atoms with Crippen LogP contribution in [-0.4, -0.2) is 47.9 Å². The third kappa shape index (κ3) is 5.28. The highest BCUT2D eigenvalue weighted by molar-refractivity contribution is 6.22. The lowest BCUT2D eigenvalue weighted by molar-refractivity contribution is -0.140. The molecule has 0 unspecified atom stereocenters. The normalized spacial score (nSPS) is 13.8. The Bertz CT molecular complexity index is 1240. The highest BCUT2D eigenvalue weighted by Crippen LogP contribution is 2.32. The SMILES string of the molecule is CCOC(=O)/C(C#N)=C/c1ccc(OC(=O)[C@@H](C(C)C)N2C(=O)c3ccccc3C2=O)c(OCC)c1. The Morgan fingerprint density at radius 1 is 1.00 bits per heavy atom. The van der Waals surface area contributed by atoms with Crippen molar-refractivity contribution < 1.29 is 33.4 Å². The van der Waals surface area contributed by atoms with E-state index in [1.54, 1.807) is 58.0 Å². The maximum Gasteiger partial charge on any atom is 0.348 e. The third-order valence-electron chi connectivity index (χ3n) is 5.38. The first-order valence-corrected chi connectivity index (χ1v) is 11.5. The van der Waals surface area contributed by atoms with Gasteiger partial charge in [0.25, 0.3) is 11.8 Å². The van der Waals surface area contributed by atoms with Crippen molar-refractivity contribution in [2.45, 2.75) is 33.7 Å². The average Bonchev–Trinajstić information content (AvgIpc) is 3.09. The van der Waals surface area contributed by atoms with Crippen LogP contribution in [0, 0.1) is 17.2 Å². The number of carbonyl (C=O) groups excluding carboxylic acids is 4. The summed E-state index contributed by atoms with van der Waals surface area (Å²) in [4.78, 5) is 52.1. The van der Waals surface area contributed by atoms with Crippen LogP contribution in [0.1, 0.15) is 54.0 Å². The van der Waals surface area contributed by atoms with Crippen LogP contribution in [-0.2, 0) is 14.3 Å². The Morgan fingerprint density at radius 2 is 1.64 bits per heavy atom. The van der Waals surface area contributed by atoms with Crippen LogP contribution in [0.2, 0.25) is 0 Å². The lowest BCUT2D eigenvalue weighted by atomic mass is 10.0. The van der Waals surface area contributed by atoms with Gasteiger partial charge in [-0.1, -0.05) is 32.0 Å². The molecule has 0 radical (unpaired) electrons. The summed E-state index contributed by atoms with van der Waals surface area (Å²) < 4.78 is 16.1. The van der Waals surface area contributed by atoms with Crippen LogP contribution < -0.4 is 9.47 Å². The van der Waals surface area contributed by atoms with Gasteiger partial charge in [-0.05, 0) is 55.7 Å². The van der Waals surface area contributed by atoms with Crippen molar-refractivity contribution in [3.8, 4) is 17.6 Å². The predicted octanol–water partition coefficient (Wildman–Crippen LogP) is 3.78. The van der Waals surface area contributed by atoms with Gasteiger partial charge in [-0.3, -0.25) is 14.5 Å². The van der Waals surface area contributed by atoms with E-state index < -0.39 is 35.7 Å². The van der Waals surface area contributed by atoms with E-state index in [4.69, 9.17) is 14.2 Å². The number of esters is 2. The van der Waals surface area contributed by atoms with Crippen molar-refractivity contribution in [3.05, 3.63) is 64.7 Å². The fourth-order valence-corrected chi connectivity index (χ4v) is 3.78. The number of hydrogen-bond donors (Lipinski definition) is 0. The number of rotatable bonds is 9. The van der Waals surface area contributed by atoms with Gasteiger partial charge in [-0.2, -0.15) is 5.26 Å². The summed E-state index contributed by atoms with van der Waals surface area (Å²) in [5.74, 6) is -2.84. The summed E-state index contributed by atoms with van der Waals surface area (Å²) in [6.45, 7) is 7.17. The second kappa shape index (κ2) is 11.3. The molecular weight excluding hydrogens is 464 g/mol. The number of amides is 2. The Kier molecular flexibility index (Phi) is 8.22. The number of carbonyl (C=O) groups is 4. The number of imide groups is 1. The molecule has 0 spiro atoms. The molecule has 186 valence electrons. The monoisotopic (exact) mass is 490 g/mol. The molecule has 0 fully saturated rings. The van der Waals surface area contributed by atoms with Crippen LogP contribution in [0.15, 0.2) is 48.0 Å². The van der Waals surface area contributed by atoms with E-state index in [1.165, 1.54) is 24.3 Å². The molecule has 0 aliphatic carbocycles. The van der Waals surface area contributed by atoms with Crippen LogP contribution in [0.5, 0.6) is 11.5 Å². The molecule has 3 rings (SSSR count). The molecule has 0 aromatic heterocycles. The van der Waals surface area contributed by atoms with E-state index in [9.17, 15) is 24.4 Å². The van der Waals surface area contributed by atoms with E-state index >= 15 is 0 Å². The largest absolute Gasteiger partial charge is 0.490 e. The zero-order valence-electron chi connectivity index (χ0n) is 20.4. The first-order valence-electron chi connectivity index (χ1n) is 11.5. The van der Waals surface area contributed by atoms with Crippen molar-refractivity contribution in [1.29, 1.82) is 5.26 Å². The maximum atomic E-state index is 13.3. The fraction of sp³-hybridized carbons (Fsp3) is 0.296. The van der Waals surface area contributed by atoms with Crippen LogP contribution in [0.25, 0.3) is 6.08 Å². The second-order valence-corrected chi connectivity index (χ2v) is 8.17. The number of ether oxygens (including phenoxy) is 3. The standard InChI is InChI=1S/C27H26N2O7/c1-5-34-22-14-17(13-18(15-28)26(32)35-6-2)11-12-21(22)36-27(33)23(16(3)4)29-24(30)19-9-7-8-10-20(19)25(29)31/h7-14,16,23H,5-6H2,1-4H3/b18-13+/t23-/m1/s1. The minimum atomic E-state index is -1.17. The smallest absolute Gasteiger partial charge is 0.348 e. The number of fused-ring (bicyclic) bond motifs is 1. The second-order valence-electron chi connectivity index (χ2n) is 8.17. The van der Waals surface area contributed by atoms with Gasteiger partial charge in [0.05, 0.1) is 24.3 Å². The molecule has 0 saturated heterocycles. The van der Waals surface area contributed by atoms with Crippen molar-refractivity contribution >= 4 is 29.8 Å². The molecule has 1 heterocycles.